The fourth-order valence-electron chi connectivity index (χ4n) is 3.74. The summed E-state index contributed by atoms with van der Waals surface area (Å²) in [5.74, 6) is 0.852. The first-order valence-electron chi connectivity index (χ1n) is 9.09. The molecule has 2 atom stereocenters. The number of hydrogen-bond acceptors (Lipinski definition) is 3. The summed E-state index contributed by atoms with van der Waals surface area (Å²) in [4.78, 5) is 14.1. The lowest BCUT2D eigenvalue weighted by atomic mass is 9.97. The van der Waals surface area contributed by atoms with E-state index in [4.69, 9.17) is 4.74 Å². The van der Waals surface area contributed by atoms with Gasteiger partial charge in [0, 0.05) is 25.2 Å². The van der Waals surface area contributed by atoms with Crippen molar-refractivity contribution in [2.75, 3.05) is 13.1 Å². The molecule has 4 heteroatoms. The normalized spacial score (nSPS) is 25.8. The molecule has 1 aliphatic heterocycles. The average molecular weight is 310 g/mol. The molecule has 1 saturated heterocycles. The molecule has 1 unspecified atom stereocenters. The maximum absolute atomic E-state index is 12.2. The number of ether oxygens (including phenoxy) is 1. The maximum Gasteiger partial charge on any atom is 0.410 e. The van der Waals surface area contributed by atoms with Crippen molar-refractivity contribution < 1.29 is 9.53 Å². The first-order chi connectivity index (χ1) is 10.3. The molecule has 0 radical (unpaired) electrons. The molecule has 22 heavy (non-hydrogen) atoms. The molecule has 1 N–H and O–H groups in total. The Labute approximate surface area is 136 Å². The number of carbonyl (C=O) groups excluding carboxylic acids is 1. The van der Waals surface area contributed by atoms with Crippen molar-refractivity contribution in [3.63, 3.8) is 0 Å². The van der Waals surface area contributed by atoms with Gasteiger partial charge in [0.1, 0.15) is 5.60 Å². The number of nitrogens with one attached hydrogen (secondary N) is 1. The first-order valence-corrected chi connectivity index (χ1v) is 9.09. The van der Waals surface area contributed by atoms with Gasteiger partial charge in [-0.05, 0) is 65.7 Å². The summed E-state index contributed by atoms with van der Waals surface area (Å²) >= 11 is 0. The van der Waals surface area contributed by atoms with E-state index in [0.717, 1.165) is 38.3 Å². The van der Waals surface area contributed by atoms with Crippen LogP contribution in [0.5, 0.6) is 0 Å². The van der Waals surface area contributed by atoms with Crippen molar-refractivity contribution in [1.29, 1.82) is 0 Å². The van der Waals surface area contributed by atoms with E-state index >= 15 is 0 Å². The standard InChI is InChI=1S/C18H34N2O2/c1-14(15-8-5-6-9-15)19-16-10-7-12-20(13-11-16)17(21)22-18(2,3)4/h14-16,19H,5-13H2,1-4H3/t14-,16?/m1/s1. The fourth-order valence-corrected chi connectivity index (χ4v) is 3.74. The van der Waals surface area contributed by atoms with Gasteiger partial charge in [0.15, 0.2) is 0 Å². The summed E-state index contributed by atoms with van der Waals surface area (Å²) in [6.07, 6.45) is 8.66. The minimum absolute atomic E-state index is 0.156. The molecule has 2 aliphatic rings. The van der Waals surface area contributed by atoms with Gasteiger partial charge < -0.3 is 15.0 Å². The smallest absolute Gasteiger partial charge is 0.410 e. The van der Waals surface area contributed by atoms with Gasteiger partial charge in [-0.15, -0.1) is 0 Å². The Balaban J connectivity index is 1.78. The molecular formula is C18H34N2O2. The third-order valence-corrected chi connectivity index (χ3v) is 4.99. The summed E-state index contributed by atoms with van der Waals surface area (Å²) < 4.78 is 5.50. The average Bonchev–Trinajstić information content (AvgIpc) is 2.84. The Hall–Kier alpha value is -0.770. The summed E-state index contributed by atoms with van der Waals surface area (Å²) in [6, 6.07) is 1.16. The van der Waals surface area contributed by atoms with Gasteiger partial charge in [-0.25, -0.2) is 4.79 Å². The van der Waals surface area contributed by atoms with Gasteiger partial charge in [-0.1, -0.05) is 12.8 Å². The van der Waals surface area contributed by atoms with Gasteiger partial charge >= 0.3 is 6.09 Å². The van der Waals surface area contributed by atoms with E-state index in [1.807, 2.05) is 25.7 Å². The molecule has 1 amide bonds. The van der Waals surface area contributed by atoms with Crippen molar-refractivity contribution in [3.05, 3.63) is 0 Å². The molecule has 2 fully saturated rings. The number of likely N-dealkylation sites (tertiary alicyclic amines) is 1. The van der Waals surface area contributed by atoms with Crippen molar-refractivity contribution in [2.45, 2.75) is 90.3 Å². The Morgan fingerprint density at radius 1 is 1.09 bits per heavy atom. The Morgan fingerprint density at radius 2 is 1.77 bits per heavy atom. The summed E-state index contributed by atoms with van der Waals surface area (Å²) in [6.45, 7) is 9.75. The molecular weight excluding hydrogens is 276 g/mol. The second kappa shape index (κ2) is 7.67. The van der Waals surface area contributed by atoms with Crippen LogP contribution in [-0.4, -0.2) is 41.8 Å². The highest BCUT2D eigenvalue weighted by molar-refractivity contribution is 5.68. The predicted octanol–water partition coefficient (Wildman–Crippen LogP) is 3.94. The van der Waals surface area contributed by atoms with Crippen LogP contribution in [0.15, 0.2) is 0 Å². The van der Waals surface area contributed by atoms with Crippen LogP contribution in [0, 0.1) is 5.92 Å². The number of hydrogen-bond donors (Lipinski definition) is 1. The Kier molecular flexibility index (Phi) is 6.13. The van der Waals surface area contributed by atoms with Crippen molar-refractivity contribution >= 4 is 6.09 Å². The van der Waals surface area contributed by atoms with E-state index in [1.54, 1.807) is 0 Å². The molecule has 1 heterocycles. The van der Waals surface area contributed by atoms with Crippen LogP contribution in [0.3, 0.4) is 0 Å². The second-order valence-electron chi connectivity index (χ2n) is 8.10. The van der Waals surface area contributed by atoms with E-state index < -0.39 is 5.60 Å². The Bertz CT molecular complexity index is 359. The zero-order valence-corrected chi connectivity index (χ0v) is 14.9. The van der Waals surface area contributed by atoms with E-state index in [0.29, 0.717) is 12.1 Å². The summed E-state index contributed by atoms with van der Waals surface area (Å²) in [7, 11) is 0. The zero-order chi connectivity index (χ0) is 16.2. The lowest BCUT2D eigenvalue weighted by Crippen LogP contribution is -2.41. The molecule has 1 aliphatic carbocycles. The highest BCUT2D eigenvalue weighted by Crippen LogP contribution is 2.28. The van der Waals surface area contributed by atoms with Crippen LogP contribution in [0.1, 0.15) is 72.6 Å². The number of amides is 1. The fraction of sp³-hybridized carbons (Fsp3) is 0.944. The lowest BCUT2D eigenvalue weighted by molar-refractivity contribution is 0.0256. The van der Waals surface area contributed by atoms with Crippen molar-refractivity contribution in [3.8, 4) is 0 Å². The highest BCUT2D eigenvalue weighted by Gasteiger charge is 2.27. The van der Waals surface area contributed by atoms with Gasteiger partial charge in [-0.2, -0.15) is 0 Å². The number of carbonyl (C=O) groups is 1. The van der Waals surface area contributed by atoms with Gasteiger partial charge in [0.25, 0.3) is 0 Å². The van der Waals surface area contributed by atoms with Crippen LogP contribution in [0.4, 0.5) is 4.79 Å². The summed E-state index contributed by atoms with van der Waals surface area (Å²) in [5.41, 5.74) is -0.405. The SMILES string of the molecule is C[C@@H](NC1CCCN(C(=O)OC(C)(C)C)CC1)C1CCCC1. The molecule has 2 rings (SSSR count). The third kappa shape index (κ3) is 5.45. The van der Waals surface area contributed by atoms with Gasteiger partial charge in [-0.3, -0.25) is 0 Å². The van der Waals surface area contributed by atoms with Gasteiger partial charge in [0.2, 0.25) is 0 Å². The Morgan fingerprint density at radius 3 is 2.41 bits per heavy atom. The van der Waals surface area contributed by atoms with E-state index in [1.165, 1.54) is 25.7 Å². The van der Waals surface area contributed by atoms with Crippen LogP contribution in [-0.2, 0) is 4.74 Å². The van der Waals surface area contributed by atoms with E-state index in [2.05, 4.69) is 12.2 Å². The molecule has 1 saturated carbocycles. The molecule has 0 aromatic rings. The molecule has 0 aromatic carbocycles. The first kappa shape index (κ1) is 17.6. The monoisotopic (exact) mass is 310 g/mol. The molecule has 0 aromatic heterocycles. The molecule has 0 bridgehead atoms. The minimum atomic E-state index is -0.405. The second-order valence-corrected chi connectivity index (χ2v) is 8.10. The minimum Gasteiger partial charge on any atom is -0.444 e. The van der Waals surface area contributed by atoms with Gasteiger partial charge in [0.05, 0.1) is 0 Å². The van der Waals surface area contributed by atoms with Crippen molar-refractivity contribution in [2.24, 2.45) is 5.92 Å². The topological polar surface area (TPSA) is 41.6 Å². The van der Waals surface area contributed by atoms with Crippen LogP contribution in [0.25, 0.3) is 0 Å². The molecule has 4 nitrogen and oxygen atoms in total. The van der Waals surface area contributed by atoms with Crippen LogP contribution in [0.2, 0.25) is 0 Å². The zero-order valence-electron chi connectivity index (χ0n) is 14.9. The molecule has 0 spiro atoms. The largest absolute Gasteiger partial charge is 0.444 e. The lowest BCUT2D eigenvalue weighted by Gasteiger charge is -2.27. The number of nitrogens with zero attached hydrogens (tertiary/aromatic N) is 1. The van der Waals surface area contributed by atoms with Crippen molar-refractivity contribution in [1.82, 2.24) is 10.2 Å². The predicted molar refractivity (Wildman–Crippen MR) is 90.0 cm³/mol. The third-order valence-electron chi connectivity index (χ3n) is 4.99. The van der Waals surface area contributed by atoms with Crippen LogP contribution < -0.4 is 5.32 Å². The van der Waals surface area contributed by atoms with Crippen LogP contribution >= 0.6 is 0 Å². The summed E-state index contributed by atoms with van der Waals surface area (Å²) in [5, 5.41) is 3.83. The highest BCUT2D eigenvalue weighted by atomic mass is 16.6. The van der Waals surface area contributed by atoms with E-state index in [9.17, 15) is 4.79 Å². The van der Waals surface area contributed by atoms with E-state index in [-0.39, 0.29) is 6.09 Å². The maximum atomic E-state index is 12.2. The quantitative estimate of drug-likeness (QED) is 0.858. The molecule has 128 valence electrons. The number of rotatable bonds is 3.